The van der Waals surface area contributed by atoms with Gasteiger partial charge in [-0.25, -0.2) is 0 Å². The lowest BCUT2D eigenvalue weighted by Crippen LogP contribution is -2.17. The van der Waals surface area contributed by atoms with Crippen molar-refractivity contribution >= 4 is 6.08 Å². The van der Waals surface area contributed by atoms with E-state index in [1.54, 1.807) is 12.1 Å². The minimum absolute atomic E-state index is 0.242. The number of ether oxygens (including phenoxy) is 1. The minimum Gasteiger partial charge on any atom is -0.405 e. The zero-order valence-corrected chi connectivity index (χ0v) is 10.9. The molecule has 2 aromatic carbocycles. The average Bonchev–Trinajstić information content (AvgIpc) is 2.37. The first-order valence-corrected chi connectivity index (χ1v) is 5.99. The van der Waals surface area contributed by atoms with Crippen LogP contribution in [0.25, 0.3) is 17.2 Å². The number of hydrogen-bond donors (Lipinski definition) is 0. The van der Waals surface area contributed by atoms with Crippen molar-refractivity contribution in [1.29, 1.82) is 0 Å². The van der Waals surface area contributed by atoms with E-state index in [1.165, 1.54) is 12.1 Å². The molecule has 4 heteroatoms. The van der Waals surface area contributed by atoms with E-state index in [0.29, 0.717) is 11.1 Å². The predicted molar refractivity (Wildman–Crippen MR) is 73.4 cm³/mol. The summed E-state index contributed by atoms with van der Waals surface area (Å²) in [7, 11) is 0. The summed E-state index contributed by atoms with van der Waals surface area (Å²) in [5.74, 6) is -0.242. The molecule has 0 spiro atoms. The van der Waals surface area contributed by atoms with Gasteiger partial charge in [0, 0.05) is 5.56 Å². The molecule has 2 aromatic rings. The lowest BCUT2D eigenvalue weighted by atomic mass is 9.99. The van der Waals surface area contributed by atoms with Gasteiger partial charge in [-0.05, 0) is 29.7 Å². The van der Waals surface area contributed by atoms with Crippen LogP contribution in [0.2, 0.25) is 0 Å². The molecule has 0 amide bonds. The van der Waals surface area contributed by atoms with E-state index in [1.807, 2.05) is 31.2 Å². The Morgan fingerprint density at radius 3 is 2.40 bits per heavy atom. The topological polar surface area (TPSA) is 9.23 Å². The summed E-state index contributed by atoms with van der Waals surface area (Å²) >= 11 is 0. The van der Waals surface area contributed by atoms with Crippen LogP contribution in [0.3, 0.4) is 0 Å². The van der Waals surface area contributed by atoms with Crippen LogP contribution < -0.4 is 4.74 Å². The third-order valence-corrected chi connectivity index (χ3v) is 2.92. The number of aryl methyl sites for hydroxylation is 1. The fraction of sp³-hybridized carbons (Fsp3) is 0.125. The first kappa shape index (κ1) is 14.2. The molecule has 0 aliphatic heterocycles. The maximum absolute atomic E-state index is 12.4. The molecule has 0 saturated heterocycles. The van der Waals surface area contributed by atoms with Crippen LogP contribution in [0.15, 0.2) is 49.0 Å². The molecule has 2 rings (SSSR count). The van der Waals surface area contributed by atoms with Gasteiger partial charge in [-0.3, -0.25) is 0 Å². The highest BCUT2D eigenvalue weighted by Gasteiger charge is 2.32. The Morgan fingerprint density at radius 1 is 1.10 bits per heavy atom. The fourth-order valence-electron chi connectivity index (χ4n) is 1.98. The quantitative estimate of drug-likeness (QED) is 0.749. The number of halogens is 3. The van der Waals surface area contributed by atoms with Gasteiger partial charge in [-0.15, -0.1) is 13.2 Å². The van der Waals surface area contributed by atoms with E-state index in [2.05, 4.69) is 11.3 Å². The van der Waals surface area contributed by atoms with E-state index < -0.39 is 6.36 Å². The van der Waals surface area contributed by atoms with E-state index >= 15 is 0 Å². The summed E-state index contributed by atoms with van der Waals surface area (Å²) in [5, 5.41) is 0. The summed E-state index contributed by atoms with van der Waals surface area (Å²) < 4.78 is 41.3. The van der Waals surface area contributed by atoms with Gasteiger partial charge in [-0.1, -0.05) is 49.1 Å². The van der Waals surface area contributed by atoms with Gasteiger partial charge >= 0.3 is 6.36 Å². The molecule has 0 saturated carbocycles. The standard InChI is InChI=1S/C16H13F3O/c1-3-12-8-9-13(10-15(12)20-16(17,18)19)14-7-5-4-6-11(14)2/h3-10H,1H2,2H3. The van der Waals surface area contributed by atoms with Crippen LogP contribution in [0, 0.1) is 6.92 Å². The molecule has 0 N–H and O–H groups in total. The first-order chi connectivity index (χ1) is 9.40. The summed E-state index contributed by atoms with van der Waals surface area (Å²) in [6, 6.07) is 12.2. The molecule has 20 heavy (non-hydrogen) atoms. The monoisotopic (exact) mass is 278 g/mol. The van der Waals surface area contributed by atoms with Crippen molar-refractivity contribution in [2.75, 3.05) is 0 Å². The van der Waals surface area contributed by atoms with Gasteiger partial charge in [0.05, 0.1) is 0 Å². The van der Waals surface area contributed by atoms with Crippen molar-refractivity contribution in [3.63, 3.8) is 0 Å². The number of alkyl halides is 3. The van der Waals surface area contributed by atoms with Crippen molar-refractivity contribution in [3.05, 3.63) is 60.2 Å². The van der Waals surface area contributed by atoms with Gasteiger partial charge < -0.3 is 4.74 Å². The summed E-state index contributed by atoms with van der Waals surface area (Å²) in [6.07, 6.45) is -3.38. The molecule has 0 fully saturated rings. The largest absolute Gasteiger partial charge is 0.573 e. The van der Waals surface area contributed by atoms with Gasteiger partial charge in [0.2, 0.25) is 0 Å². The molecule has 104 valence electrons. The summed E-state index contributed by atoms with van der Waals surface area (Å²) in [5.41, 5.74) is 2.83. The van der Waals surface area contributed by atoms with Crippen LogP contribution in [0.1, 0.15) is 11.1 Å². The normalized spacial score (nSPS) is 11.2. The molecule has 0 heterocycles. The van der Waals surface area contributed by atoms with E-state index in [0.717, 1.165) is 11.1 Å². The molecule has 1 nitrogen and oxygen atoms in total. The third-order valence-electron chi connectivity index (χ3n) is 2.92. The second-order valence-corrected chi connectivity index (χ2v) is 4.32. The van der Waals surface area contributed by atoms with Crippen molar-refractivity contribution < 1.29 is 17.9 Å². The Kier molecular flexibility index (Phi) is 3.84. The van der Waals surface area contributed by atoms with Crippen LogP contribution in [0.4, 0.5) is 13.2 Å². The predicted octanol–water partition coefficient (Wildman–Crippen LogP) is 5.20. The first-order valence-electron chi connectivity index (χ1n) is 5.99. The van der Waals surface area contributed by atoms with Crippen molar-refractivity contribution in [2.45, 2.75) is 13.3 Å². The maximum atomic E-state index is 12.4. The Morgan fingerprint density at radius 2 is 1.80 bits per heavy atom. The average molecular weight is 278 g/mol. The molecule has 0 unspecified atom stereocenters. The molecule has 0 aromatic heterocycles. The molecule has 0 bridgehead atoms. The number of rotatable bonds is 3. The van der Waals surface area contributed by atoms with Gasteiger partial charge in [-0.2, -0.15) is 0 Å². The van der Waals surface area contributed by atoms with Gasteiger partial charge in [0.1, 0.15) is 5.75 Å². The summed E-state index contributed by atoms with van der Waals surface area (Å²) in [6.45, 7) is 5.40. The lowest BCUT2D eigenvalue weighted by molar-refractivity contribution is -0.274. The van der Waals surface area contributed by atoms with Gasteiger partial charge in [0.15, 0.2) is 0 Å². The van der Waals surface area contributed by atoms with Crippen LogP contribution in [0.5, 0.6) is 5.75 Å². The van der Waals surface area contributed by atoms with Gasteiger partial charge in [0.25, 0.3) is 0 Å². The Balaban J connectivity index is 2.50. The lowest BCUT2D eigenvalue weighted by Gasteiger charge is -2.14. The number of benzene rings is 2. The highest BCUT2D eigenvalue weighted by molar-refractivity contribution is 5.71. The molecule has 0 atom stereocenters. The molecule has 0 aliphatic rings. The van der Waals surface area contributed by atoms with Crippen molar-refractivity contribution in [2.24, 2.45) is 0 Å². The van der Waals surface area contributed by atoms with Crippen LogP contribution in [-0.4, -0.2) is 6.36 Å². The Labute approximate surface area is 115 Å². The fourth-order valence-corrected chi connectivity index (χ4v) is 1.98. The maximum Gasteiger partial charge on any atom is 0.573 e. The zero-order chi connectivity index (χ0) is 14.8. The Bertz CT molecular complexity index is 630. The Hall–Kier alpha value is -2.23. The third kappa shape index (κ3) is 3.20. The molecule has 0 radical (unpaired) electrons. The van der Waals surface area contributed by atoms with Crippen molar-refractivity contribution in [1.82, 2.24) is 0 Å². The summed E-state index contributed by atoms with van der Waals surface area (Å²) in [4.78, 5) is 0. The highest BCUT2D eigenvalue weighted by Crippen LogP contribution is 2.33. The molecule has 0 aliphatic carbocycles. The highest BCUT2D eigenvalue weighted by atomic mass is 19.4. The zero-order valence-electron chi connectivity index (χ0n) is 10.9. The minimum atomic E-state index is -4.72. The second-order valence-electron chi connectivity index (χ2n) is 4.32. The molecular formula is C16H13F3O. The SMILES string of the molecule is C=Cc1ccc(-c2ccccc2C)cc1OC(F)(F)F. The second kappa shape index (κ2) is 5.41. The van der Waals surface area contributed by atoms with Crippen LogP contribution >= 0.6 is 0 Å². The van der Waals surface area contributed by atoms with Crippen molar-refractivity contribution in [3.8, 4) is 16.9 Å². The smallest absolute Gasteiger partial charge is 0.405 e. The molecular weight excluding hydrogens is 265 g/mol. The van der Waals surface area contributed by atoms with Crippen LogP contribution in [-0.2, 0) is 0 Å². The van der Waals surface area contributed by atoms with E-state index in [-0.39, 0.29) is 5.75 Å². The van der Waals surface area contributed by atoms with E-state index in [4.69, 9.17) is 0 Å². The number of hydrogen-bond acceptors (Lipinski definition) is 1. The van der Waals surface area contributed by atoms with E-state index in [9.17, 15) is 13.2 Å².